The molecule has 0 bridgehead atoms. The van der Waals surface area contributed by atoms with Crippen molar-refractivity contribution >= 4 is 37.7 Å². The van der Waals surface area contributed by atoms with E-state index >= 15 is 0 Å². The molecule has 0 aromatic heterocycles. The van der Waals surface area contributed by atoms with Crippen LogP contribution in [0.3, 0.4) is 0 Å². The third-order valence-electron chi connectivity index (χ3n) is 1.73. The van der Waals surface area contributed by atoms with E-state index in [1.165, 1.54) is 5.56 Å². The third-order valence-corrected chi connectivity index (χ3v) is 1.73. The maximum absolute atomic E-state index is 9.02. The van der Waals surface area contributed by atoms with Crippen molar-refractivity contribution in [1.29, 1.82) is 0 Å². The molecule has 1 nitrogen and oxygen atoms in total. The van der Waals surface area contributed by atoms with E-state index in [9.17, 15) is 0 Å². The molecule has 0 radical (unpaired) electrons. The van der Waals surface area contributed by atoms with Gasteiger partial charge in [0.05, 0.1) is 0 Å². The minimum absolute atomic E-state index is 0. The van der Waals surface area contributed by atoms with E-state index in [-0.39, 0.29) is 46.0 Å². The molecule has 1 aromatic carbocycles. The van der Waals surface area contributed by atoms with E-state index in [2.05, 4.69) is 20.8 Å². The number of rotatable bonds is 0. The first-order chi connectivity index (χ1) is 5.00. The van der Waals surface area contributed by atoms with Crippen molar-refractivity contribution in [3.63, 3.8) is 0 Å². The largest absolute Gasteiger partial charge is 2.00 e. The van der Waals surface area contributed by atoms with Gasteiger partial charge < -0.3 is 7.96 Å². The molecule has 0 aliphatic rings. The predicted molar refractivity (Wildman–Crippen MR) is 54.8 cm³/mol. The fourth-order valence-corrected chi connectivity index (χ4v) is 0.961. The van der Waals surface area contributed by atoms with Gasteiger partial charge in [-0.25, -0.2) is 0 Å². The minimum Gasteiger partial charge on any atom is -1.00 e. The molecule has 1 rings (SSSR count). The Morgan fingerprint density at radius 1 is 1.08 bits per heavy atom. The van der Waals surface area contributed by atoms with Crippen LogP contribution < -0.4 is 0 Å². The Morgan fingerprint density at radius 3 is 1.83 bits per heavy atom. The van der Waals surface area contributed by atoms with Gasteiger partial charge in [0, 0.05) is 0 Å². The molecule has 1 N–H and O–H groups in total. The molecule has 64 valence electrons. The standard InChI is InChI=1S/C10H14O.Ca.2H/c1-10(2,3)8-4-6-9(11)7-5-8;;;/h4-7,11H,1-3H3;;;/q;+2;2*-1. The molecule has 0 unspecified atom stereocenters. The summed E-state index contributed by atoms with van der Waals surface area (Å²) in [6, 6.07) is 7.35. The van der Waals surface area contributed by atoms with Crippen molar-refractivity contribution in [1.82, 2.24) is 0 Å². The van der Waals surface area contributed by atoms with Gasteiger partial charge in [-0.1, -0.05) is 32.9 Å². The zero-order valence-corrected chi connectivity index (χ0v) is 10.2. The topological polar surface area (TPSA) is 20.2 Å². The number of phenols is 1. The van der Waals surface area contributed by atoms with E-state index in [0.29, 0.717) is 5.75 Å². The summed E-state index contributed by atoms with van der Waals surface area (Å²) < 4.78 is 0. The van der Waals surface area contributed by atoms with Gasteiger partial charge in [0.2, 0.25) is 0 Å². The second kappa shape index (κ2) is 4.50. The molecule has 0 saturated carbocycles. The van der Waals surface area contributed by atoms with Gasteiger partial charge in [0.1, 0.15) is 5.75 Å². The quantitative estimate of drug-likeness (QED) is 0.626. The first kappa shape index (κ1) is 12.3. The summed E-state index contributed by atoms with van der Waals surface area (Å²) >= 11 is 0. The first-order valence-corrected chi connectivity index (χ1v) is 3.79. The van der Waals surface area contributed by atoms with Crippen LogP contribution in [0.1, 0.15) is 29.2 Å². The zero-order valence-electron chi connectivity index (χ0n) is 9.96. The van der Waals surface area contributed by atoms with Gasteiger partial charge in [0.25, 0.3) is 0 Å². The molecule has 0 aliphatic heterocycles. The van der Waals surface area contributed by atoms with Gasteiger partial charge in [-0.05, 0) is 23.1 Å². The van der Waals surface area contributed by atoms with Crippen LogP contribution in [0.15, 0.2) is 24.3 Å². The van der Waals surface area contributed by atoms with Crippen molar-refractivity contribution in [2.24, 2.45) is 0 Å². The number of phenolic OH excluding ortho intramolecular Hbond substituents is 1. The molecule has 0 atom stereocenters. The molecule has 0 saturated heterocycles. The van der Waals surface area contributed by atoms with Crippen molar-refractivity contribution in [2.75, 3.05) is 0 Å². The Labute approximate surface area is 107 Å². The third kappa shape index (κ3) is 3.34. The first-order valence-electron chi connectivity index (χ1n) is 3.79. The maximum atomic E-state index is 9.02. The molecule has 0 fully saturated rings. The molecule has 0 aliphatic carbocycles. The van der Waals surface area contributed by atoms with Crippen LogP contribution in [0, 0.1) is 0 Å². The summed E-state index contributed by atoms with van der Waals surface area (Å²) in [5.74, 6) is 0.331. The number of hydrogen-bond acceptors (Lipinski definition) is 1. The van der Waals surface area contributed by atoms with Crippen molar-refractivity contribution in [2.45, 2.75) is 26.2 Å². The van der Waals surface area contributed by atoms with Crippen LogP contribution in [-0.4, -0.2) is 42.8 Å². The molecule has 0 amide bonds. The monoisotopic (exact) mass is 192 g/mol. The van der Waals surface area contributed by atoms with Gasteiger partial charge in [-0.15, -0.1) is 0 Å². The number of aromatic hydroxyl groups is 1. The van der Waals surface area contributed by atoms with Gasteiger partial charge in [-0.2, -0.15) is 0 Å². The Kier molecular flexibility index (Phi) is 4.60. The molecule has 2 heteroatoms. The molecular formula is C10H16CaO. The van der Waals surface area contributed by atoms with Crippen LogP contribution in [0.2, 0.25) is 0 Å². The molecule has 1 aromatic rings. The summed E-state index contributed by atoms with van der Waals surface area (Å²) in [4.78, 5) is 0. The van der Waals surface area contributed by atoms with E-state index < -0.39 is 0 Å². The Hall–Kier alpha value is 0.280. The van der Waals surface area contributed by atoms with Crippen molar-refractivity contribution in [3.05, 3.63) is 29.8 Å². The normalized spacial score (nSPS) is 10.6. The van der Waals surface area contributed by atoms with Gasteiger partial charge in [0.15, 0.2) is 0 Å². The van der Waals surface area contributed by atoms with Gasteiger partial charge in [-0.3, -0.25) is 0 Å². The second-order valence-electron chi connectivity index (χ2n) is 3.80. The maximum Gasteiger partial charge on any atom is 2.00 e. The fourth-order valence-electron chi connectivity index (χ4n) is 0.961. The SMILES string of the molecule is CC(C)(C)c1ccc(O)cc1.[Ca+2].[H-].[H-]. The summed E-state index contributed by atoms with van der Waals surface area (Å²) in [5, 5.41) is 9.02. The Bertz CT molecular complexity index is 241. The molecular weight excluding hydrogens is 176 g/mol. The Balaban J connectivity index is -0.000000403. The van der Waals surface area contributed by atoms with Crippen LogP contribution in [-0.2, 0) is 5.41 Å². The number of hydrogen-bond donors (Lipinski definition) is 1. The fraction of sp³-hybridized carbons (Fsp3) is 0.400. The Morgan fingerprint density at radius 2 is 1.50 bits per heavy atom. The molecule has 0 spiro atoms. The van der Waals surface area contributed by atoms with Crippen molar-refractivity contribution < 1.29 is 7.96 Å². The average molecular weight is 192 g/mol. The summed E-state index contributed by atoms with van der Waals surface area (Å²) in [6.07, 6.45) is 0. The van der Waals surface area contributed by atoms with Crippen LogP contribution in [0.25, 0.3) is 0 Å². The van der Waals surface area contributed by atoms with Crippen LogP contribution in [0.5, 0.6) is 5.75 Å². The van der Waals surface area contributed by atoms with Gasteiger partial charge >= 0.3 is 37.7 Å². The predicted octanol–water partition coefficient (Wildman–Crippen LogP) is 2.53. The molecule has 12 heavy (non-hydrogen) atoms. The van der Waals surface area contributed by atoms with E-state index in [0.717, 1.165) is 0 Å². The van der Waals surface area contributed by atoms with E-state index in [1.54, 1.807) is 12.1 Å². The molecule has 0 heterocycles. The van der Waals surface area contributed by atoms with Crippen LogP contribution in [0.4, 0.5) is 0 Å². The van der Waals surface area contributed by atoms with E-state index in [4.69, 9.17) is 5.11 Å². The summed E-state index contributed by atoms with van der Waals surface area (Å²) in [7, 11) is 0. The summed E-state index contributed by atoms with van der Waals surface area (Å²) in [5.41, 5.74) is 1.42. The zero-order chi connectivity index (χ0) is 8.48. The summed E-state index contributed by atoms with van der Waals surface area (Å²) in [6.45, 7) is 6.46. The van der Waals surface area contributed by atoms with E-state index in [1.807, 2.05) is 12.1 Å². The minimum atomic E-state index is 0. The smallest absolute Gasteiger partial charge is 1.00 e. The van der Waals surface area contributed by atoms with Crippen LogP contribution >= 0.6 is 0 Å². The van der Waals surface area contributed by atoms with Crippen molar-refractivity contribution in [3.8, 4) is 5.75 Å². The second-order valence-corrected chi connectivity index (χ2v) is 3.80. The average Bonchev–Trinajstić information content (AvgIpc) is 1.86. The number of benzene rings is 1.